The fourth-order valence-electron chi connectivity index (χ4n) is 0.718. The number of hydrazine groups is 1. The van der Waals surface area contributed by atoms with E-state index in [1.807, 2.05) is 20.8 Å². The van der Waals surface area contributed by atoms with Crippen molar-refractivity contribution in [2.45, 2.75) is 26.3 Å². The summed E-state index contributed by atoms with van der Waals surface area (Å²) in [5.41, 5.74) is 2.19. The molecule has 0 fully saturated rings. The Morgan fingerprint density at radius 3 is 1.90 bits per heavy atom. The number of hydrogen-bond donors (Lipinski definition) is 2. The van der Waals surface area contributed by atoms with Crippen LogP contribution in [0.25, 0.3) is 0 Å². The van der Waals surface area contributed by atoms with Gasteiger partial charge in [0.2, 0.25) is 0 Å². The second-order valence-electron chi connectivity index (χ2n) is 3.01. The minimum absolute atomic E-state index is 0.388. The first-order valence-corrected chi connectivity index (χ1v) is 3.10. The number of carbonyl (C=O) groups is 1. The van der Waals surface area contributed by atoms with Gasteiger partial charge in [-0.3, -0.25) is 0 Å². The second-order valence-corrected chi connectivity index (χ2v) is 3.01. The van der Waals surface area contributed by atoms with Gasteiger partial charge in [0, 0.05) is 7.05 Å². The molecular weight excluding hydrogens is 132 g/mol. The molecule has 4 heteroatoms. The van der Waals surface area contributed by atoms with Crippen molar-refractivity contribution in [3.05, 3.63) is 0 Å². The summed E-state index contributed by atoms with van der Waals surface area (Å²) in [5.74, 6) is 0. The van der Waals surface area contributed by atoms with E-state index in [2.05, 4.69) is 5.43 Å². The first-order chi connectivity index (χ1) is 4.39. The van der Waals surface area contributed by atoms with E-state index in [-0.39, 0.29) is 5.54 Å². The van der Waals surface area contributed by atoms with Gasteiger partial charge in [-0.1, -0.05) is 0 Å². The summed E-state index contributed by atoms with van der Waals surface area (Å²) in [6.07, 6.45) is -0.963. The third-order valence-electron chi connectivity index (χ3n) is 1.09. The summed E-state index contributed by atoms with van der Waals surface area (Å²) in [7, 11) is 1.58. The minimum Gasteiger partial charge on any atom is -0.464 e. The molecule has 0 bridgehead atoms. The van der Waals surface area contributed by atoms with E-state index in [9.17, 15) is 4.79 Å². The van der Waals surface area contributed by atoms with Crippen molar-refractivity contribution in [2.75, 3.05) is 7.05 Å². The molecule has 0 aromatic rings. The van der Waals surface area contributed by atoms with Crippen LogP contribution in [0.5, 0.6) is 0 Å². The standard InChI is InChI=1S/C6H14N2O2/c1-6(2,3)8(7-4)5(9)10/h7H,1-4H3,(H,9,10). The Labute approximate surface area is 60.8 Å². The van der Waals surface area contributed by atoms with E-state index >= 15 is 0 Å². The van der Waals surface area contributed by atoms with E-state index in [0.717, 1.165) is 5.01 Å². The lowest BCUT2D eigenvalue weighted by molar-refractivity contribution is 0.0721. The van der Waals surface area contributed by atoms with Gasteiger partial charge in [-0.25, -0.2) is 15.2 Å². The Morgan fingerprint density at radius 2 is 1.90 bits per heavy atom. The van der Waals surface area contributed by atoms with Gasteiger partial charge in [0.25, 0.3) is 0 Å². The molecule has 0 rings (SSSR count). The fraction of sp³-hybridized carbons (Fsp3) is 0.833. The molecule has 0 aromatic heterocycles. The number of amides is 1. The molecule has 4 nitrogen and oxygen atoms in total. The molecular formula is C6H14N2O2. The van der Waals surface area contributed by atoms with Crippen LogP contribution >= 0.6 is 0 Å². The number of nitrogens with zero attached hydrogens (tertiary/aromatic N) is 1. The maximum Gasteiger partial charge on any atom is 0.422 e. The SMILES string of the molecule is CNN(C(=O)O)C(C)(C)C. The summed E-state index contributed by atoms with van der Waals surface area (Å²) >= 11 is 0. The molecule has 0 aromatic carbocycles. The zero-order valence-electron chi connectivity index (χ0n) is 6.80. The normalized spacial score (nSPS) is 11.2. The average Bonchev–Trinajstić information content (AvgIpc) is 1.60. The Morgan fingerprint density at radius 1 is 1.50 bits per heavy atom. The van der Waals surface area contributed by atoms with E-state index in [1.165, 1.54) is 0 Å². The van der Waals surface area contributed by atoms with Crippen LogP contribution in [0.1, 0.15) is 20.8 Å². The second kappa shape index (κ2) is 2.88. The van der Waals surface area contributed by atoms with Crippen LogP contribution in [-0.2, 0) is 0 Å². The Bertz CT molecular complexity index is 128. The van der Waals surface area contributed by atoms with Crippen LogP contribution in [0.2, 0.25) is 0 Å². The van der Waals surface area contributed by atoms with Crippen LogP contribution in [0.4, 0.5) is 4.79 Å². The summed E-state index contributed by atoms with van der Waals surface area (Å²) < 4.78 is 0. The molecule has 0 aliphatic rings. The van der Waals surface area contributed by atoms with Crippen molar-refractivity contribution in [1.29, 1.82) is 0 Å². The Kier molecular flexibility index (Phi) is 2.65. The molecule has 0 radical (unpaired) electrons. The summed E-state index contributed by atoms with van der Waals surface area (Å²) in [5, 5.41) is 9.72. The van der Waals surface area contributed by atoms with Crippen LogP contribution in [0, 0.1) is 0 Å². The molecule has 0 spiro atoms. The Balaban J connectivity index is 4.22. The Hall–Kier alpha value is -0.770. The molecule has 2 N–H and O–H groups in total. The predicted molar refractivity (Wildman–Crippen MR) is 38.7 cm³/mol. The van der Waals surface area contributed by atoms with Crippen LogP contribution in [-0.4, -0.2) is 28.8 Å². The predicted octanol–water partition coefficient (Wildman–Crippen LogP) is 0.899. The third kappa shape index (κ3) is 2.23. The highest BCUT2D eigenvalue weighted by atomic mass is 16.4. The minimum atomic E-state index is -0.963. The van der Waals surface area contributed by atoms with E-state index in [1.54, 1.807) is 7.05 Å². The van der Waals surface area contributed by atoms with Gasteiger partial charge in [-0.2, -0.15) is 0 Å². The molecule has 0 atom stereocenters. The van der Waals surface area contributed by atoms with E-state index in [4.69, 9.17) is 5.11 Å². The number of carboxylic acid groups (broad SMARTS) is 1. The topological polar surface area (TPSA) is 52.6 Å². The van der Waals surface area contributed by atoms with Crippen LogP contribution < -0.4 is 5.43 Å². The van der Waals surface area contributed by atoms with Gasteiger partial charge in [0.1, 0.15) is 0 Å². The molecule has 0 saturated carbocycles. The highest BCUT2D eigenvalue weighted by Gasteiger charge is 2.24. The summed E-state index contributed by atoms with van der Waals surface area (Å²) in [4.78, 5) is 10.4. The molecule has 0 saturated heterocycles. The first-order valence-electron chi connectivity index (χ1n) is 3.10. The maximum absolute atomic E-state index is 10.4. The summed E-state index contributed by atoms with van der Waals surface area (Å²) in [6.45, 7) is 5.45. The zero-order chi connectivity index (χ0) is 8.36. The van der Waals surface area contributed by atoms with Gasteiger partial charge in [-0.05, 0) is 20.8 Å². The molecule has 60 valence electrons. The zero-order valence-corrected chi connectivity index (χ0v) is 6.80. The first kappa shape index (κ1) is 9.23. The molecule has 0 aliphatic carbocycles. The largest absolute Gasteiger partial charge is 0.464 e. The third-order valence-corrected chi connectivity index (χ3v) is 1.09. The van der Waals surface area contributed by atoms with E-state index < -0.39 is 6.09 Å². The van der Waals surface area contributed by atoms with E-state index in [0.29, 0.717) is 0 Å². The maximum atomic E-state index is 10.4. The van der Waals surface area contributed by atoms with Crippen molar-refractivity contribution in [3.8, 4) is 0 Å². The van der Waals surface area contributed by atoms with Gasteiger partial charge in [0.15, 0.2) is 0 Å². The molecule has 0 heterocycles. The smallest absolute Gasteiger partial charge is 0.422 e. The van der Waals surface area contributed by atoms with Crippen molar-refractivity contribution in [3.63, 3.8) is 0 Å². The quantitative estimate of drug-likeness (QED) is 0.540. The summed E-state index contributed by atoms with van der Waals surface area (Å²) in [6, 6.07) is 0. The van der Waals surface area contributed by atoms with Crippen molar-refractivity contribution < 1.29 is 9.90 Å². The number of rotatable bonds is 1. The molecule has 0 aliphatic heterocycles. The molecule has 10 heavy (non-hydrogen) atoms. The van der Waals surface area contributed by atoms with Gasteiger partial charge < -0.3 is 5.11 Å². The lowest BCUT2D eigenvalue weighted by atomic mass is 10.1. The molecule has 0 unspecified atom stereocenters. The highest BCUT2D eigenvalue weighted by Crippen LogP contribution is 2.08. The lowest BCUT2D eigenvalue weighted by Gasteiger charge is -2.31. The van der Waals surface area contributed by atoms with Gasteiger partial charge in [0.05, 0.1) is 5.54 Å². The van der Waals surface area contributed by atoms with Gasteiger partial charge >= 0.3 is 6.09 Å². The number of nitrogens with one attached hydrogen (secondary N) is 1. The average molecular weight is 146 g/mol. The molecule has 1 amide bonds. The van der Waals surface area contributed by atoms with Crippen LogP contribution in [0.15, 0.2) is 0 Å². The van der Waals surface area contributed by atoms with Crippen molar-refractivity contribution >= 4 is 6.09 Å². The number of hydrogen-bond acceptors (Lipinski definition) is 2. The van der Waals surface area contributed by atoms with Crippen molar-refractivity contribution in [1.82, 2.24) is 10.4 Å². The fourth-order valence-corrected chi connectivity index (χ4v) is 0.718. The van der Waals surface area contributed by atoms with Gasteiger partial charge in [-0.15, -0.1) is 0 Å². The van der Waals surface area contributed by atoms with Crippen LogP contribution in [0.3, 0.4) is 0 Å². The monoisotopic (exact) mass is 146 g/mol. The lowest BCUT2D eigenvalue weighted by Crippen LogP contribution is -2.51. The highest BCUT2D eigenvalue weighted by molar-refractivity contribution is 5.65. The van der Waals surface area contributed by atoms with Crippen molar-refractivity contribution in [2.24, 2.45) is 0 Å².